The Morgan fingerprint density at radius 2 is 1.91 bits per heavy atom. The van der Waals surface area contributed by atoms with Crippen molar-refractivity contribution >= 4 is 28.2 Å². The van der Waals surface area contributed by atoms with E-state index < -0.39 is 20.5 Å². The summed E-state index contributed by atoms with van der Waals surface area (Å²) in [5.74, 6) is 0.117. The van der Waals surface area contributed by atoms with Crippen LogP contribution >= 0.6 is 12.4 Å². The van der Waals surface area contributed by atoms with E-state index in [-0.39, 0.29) is 30.1 Å². The second-order valence-corrected chi connectivity index (χ2v) is 8.75. The number of piperidine rings is 1. The van der Waals surface area contributed by atoms with Crippen LogP contribution in [0.3, 0.4) is 0 Å². The molecular formula is C14H27ClN2O4S. The molecule has 2 atom stereocenters. The monoisotopic (exact) mass is 354 g/mol. The van der Waals surface area contributed by atoms with Gasteiger partial charge in [0.15, 0.2) is 9.84 Å². The molecule has 8 heteroatoms. The maximum absolute atomic E-state index is 13.1. The molecule has 22 heavy (non-hydrogen) atoms. The number of amides is 1. The number of methoxy groups -OCH3 is 1. The normalized spacial score (nSPS) is 30.4. The van der Waals surface area contributed by atoms with E-state index in [1.165, 1.54) is 0 Å². The first-order chi connectivity index (χ1) is 9.84. The Kier molecular flexibility index (Phi) is 6.68. The Bertz CT molecular complexity index is 486. The molecule has 2 saturated heterocycles. The average molecular weight is 355 g/mol. The van der Waals surface area contributed by atoms with Crippen molar-refractivity contribution in [3.05, 3.63) is 0 Å². The molecule has 2 aliphatic heterocycles. The number of nitrogens with zero attached hydrogens (tertiary/aromatic N) is 1. The first-order valence-electron chi connectivity index (χ1n) is 7.56. The van der Waals surface area contributed by atoms with Gasteiger partial charge < -0.3 is 15.0 Å². The van der Waals surface area contributed by atoms with Crippen LogP contribution in [0, 0.1) is 5.41 Å². The summed E-state index contributed by atoms with van der Waals surface area (Å²) in [6.07, 6.45) is 1.48. The summed E-state index contributed by atoms with van der Waals surface area (Å²) in [4.78, 5) is 14.8. The molecule has 130 valence electrons. The van der Waals surface area contributed by atoms with Crippen molar-refractivity contribution < 1.29 is 17.9 Å². The molecule has 0 aromatic carbocycles. The lowest BCUT2D eigenvalue weighted by molar-refractivity contribution is -0.149. The molecule has 0 spiro atoms. The fraction of sp³-hybridized carbons (Fsp3) is 0.929. The summed E-state index contributed by atoms with van der Waals surface area (Å²) in [5, 5.41) is 2.76. The van der Waals surface area contributed by atoms with E-state index in [2.05, 4.69) is 5.32 Å². The number of ether oxygens (including phenoxy) is 1. The predicted octanol–water partition coefficient (Wildman–Crippen LogP) is 0.458. The minimum Gasteiger partial charge on any atom is -0.384 e. The quantitative estimate of drug-likeness (QED) is 0.796. The SMILES string of the molecule is COCC1(C(=O)N2CCS(=O)(=O)C(C)C2C)CCNCC1.Cl. The van der Waals surface area contributed by atoms with Crippen molar-refractivity contribution in [3.8, 4) is 0 Å². The molecular weight excluding hydrogens is 328 g/mol. The molecule has 1 N–H and O–H groups in total. The standard InChI is InChI=1S/C14H26N2O4S.ClH/c1-11-12(2)21(18,19)9-8-16(11)13(17)14(10-20-3)4-6-15-7-5-14;/h11-12,15H,4-10H2,1-3H3;1H. The molecule has 0 aromatic heterocycles. The van der Waals surface area contributed by atoms with Gasteiger partial charge in [0.05, 0.1) is 23.0 Å². The molecule has 0 radical (unpaired) electrons. The minimum absolute atomic E-state index is 0. The molecule has 6 nitrogen and oxygen atoms in total. The van der Waals surface area contributed by atoms with Gasteiger partial charge in [-0.15, -0.1) is 12.4 Å². The van der Waals surface area contributed by atoms with Crippen molar-refractivity contribution in [2.75, 3.05) is 39.1 Å². The highest BCUT2D eigenvalue weighted by molar-refractivity contribution is 7.92. The van der Waals surface area contributed by atoms with E-state index in [4.69, 9.17) is 4.74 Å². The third-order valence-electron chi connectivity index (χ3n) is 5.05. The fourth-order valence-electron chi connectivity index (χ4n) is 3.36. The van der Waals surface area contributed by atoms with Gasteiger partial charge in [0.25, 0.3) is 0 Å². The molecule has 2 aliphatic rings. The summed E-state index contributed by atoms with van der Waals surface area (Å²) >= 11 is 0. The molecule has 1 amide bonds. The average Bonchev–Trinajstić information content (AvgIpc) is 2.46. The zero-order chi connectivity index (χ0) is 15.7. The highest BCUT2D eigenvalue weighted by Gasteiger charge is 2.47. The fourth-order valence-corrected chi connectivity index (χ4v) is 4.93. The zero-order valence-electron chi connectivity index (χ0n) is 13.5. The van der Waals surface area contributed by atoms with Crippen molar-refractivity contribution in [2.24, 2.45) is 5.41 Å². The van der Waals surface area contributed by atoms with Crippen molar-refractivity contribution in [1.29, 1.82) is 0 Å². The number of carbonyl (C=O) groups excluding carboxylic acids is 1. The van der Waals surface area contributed by atoms with Crippen LogP contribution < -0.4 is 5.32 Å². The third-order valence-corrected chi connectivity index (χ3v) is 7.33. The van der Waals surface area contributed by atoms with Crippen molar-refractivity contribution in [1.82, 2.24) is 10.2 Å². The molecule has 0 aromatic rings. The molecule has 2 fully saturated rings. The Hall–Kier alpha value is -0.370. The Balaban J connectivity index is 0.00000242. The predicted molar refractivity (Wildman–Crippen MR) is 88.1 cm³/mol. The molecule has 0 bridgehead atoms. The third kappa shape index (κ3) is 3.58. The number of nitrogens with one attached hydrogen (secondary N) is 1. The summed E-state index contributed by atoms with van der Waals surface area (Å²) in [7, 11) is -1.46. The van der Waals surface area contributed by atoms with Crippen LogP contribution in [0.2, 0.25) is 0 Å². The summed E-state index contributed by atoms with van der Waals surface area (Å²) in [6, 6.07) is -0.278. The van der Waals surface area contributed by atoms with Crippen LogP contribution in [0.15, 0.2) is 0 Å². The van der Waals surface area contributed by atoms with Crippen LogP contribution in [0.5, 0.6) is 0 Å². The zero-order valence-corrected chi connectivity index (χ0v) is 15.1. The van der Waals surface area contributed by atoms with E-state index in [1.807, 2.05) is 6.92 Å². The highest BCUT2D eigenvalue weighted by atomic mass is 35.5. The van der Waals surface area contributed by atoms with Gasteiger partial charge in [0.1, 0.15) is 0 Å². The number of halogens is 1. The smallest absolute Gasteiger partial charge is 0.231 e. The number of hydrogen-bond donors (Lipinski definition) is 1. The molecule has 2 heterocycles. The second-order valence-electron chi connectivity index (χ2n) is 6.27. The number of sulfone groups is 1. The van der Waals surface area contributed by atoms with Crippen molar-refractivity contribution in [2.45, 2.75) is 38.0 Å². The van der Waals surface area contributed by atoms with Gasteiger partial charge in [0.2, 0.25) is 5.91 Å². The van der Waals surface area contributed by atoms with Crippen LogP contribution in [0.4, 0.5) is 0 Å². The molecule has 2 unspecified atom stereocenters. The van der Waals surface area contributed by atoms with Gasteiger partial charge in [0, 0.05) is 19.7 Å². The van der Waals surface area contributed by atoms with E-state index in [1.54, 1.807) is 18.9 Å². The Morgan fingerprint density at radius 1 is 1.32 bits per heavy atom. The maximum atomic E-state index is 13.1. The molecule has 2 rings (SSSR count). The maximum Gasteiger partial charge on any atom is 0.231 e. The van der Waals surface area contributed by atoms with Gasteiger partial charge in [-0.05, 0) is 39.8 Å². The lowest BCUT2D eigenvalue weighted by atomic mass is 9.78. The first-order valence-corrected chi connectivity index (χ1v) is 9.28. The van der Waals surface area contributed by atoms with Crippen LogP contribution in [-0.4, -0.2) is 69.6 Å². The number of carbonyl (C=O) groups is 1. The Morgan fingerprint density at radius 3 is 2.45 bits per heavy atom. The summed E-state index contributed by atoms with van der Waals surface area (Å²) in [6.45, 7) is 5.82. The van der Waals surface area contributed by atoms with E-state index in [9.17, 15) is 13.2 Å². The van der Waals surface area contributed by atoms with E-state index in [0.717, 1.165) is 25.9 Å². The summed E-state index contributed by atoms with van der Waals surface area (Å²) in [5.41, 5.74) is -0.505. The second kappa shape index (κ2) is 7.47. The van der Waals surface area contributed by atoms with Gasteiger partial charge >= 0.3 is 0 Å². The largest absolute Gasteiger partial charge is 0.384 e. The van der Waals surface area contributed by atoms with Gasteiger partial charge in [-0.25, -0.2) is 8.42 Å². The lowest BCUT2D eigenvalue weighted by Crippen LogP contribution is -2.60. The molecule has 0 aliphatic carbocycles. The highest BCUT2D eigenvalue weighted by Crippen LogP contribution is 2.34. The molecule has 0 saturated carbocycles. The van der Waals surface area contributed by atoms with Crippen molar-refractivity contribution in [3.63, 3.8) is 0 Å². The summed E-state index contributed by atoms with van der Waals surface area (Å²) < 4.78 is 29.2. The lowest BCUT2D eigenvalue weighted by Gasteiger charge is -2.44. The van der Waals surface area contributed by atoms with Gasteiger partial charge in [-0.2, -0.15) is 0 Å². The van der Waals surface area contributed by atoms with E-state index >= 15 is 0 Å². The van der Waals surface area contributed by atoms with Crippen LogP contribution in [0.1, 0.15) is 26.7 Å². The van der Waals surface area contributed by atoms with Gasteiger partial charge in [-0.1, -0.05) is 0 Å². The number of hydrogen-bond acceptors (Lipinski definition) is 5. The Labute approximate surface area is 139 Å². The topological polar surface area (TPSA) is 75.7 Å². The van der Waals surface area contributed by atoms with Crippen LogP contribution in [0.25, 0.3) is 0 Å². The van der Waals surface area contributed by atoms with E-state index in [0.29, 0.717) is 13.2 Å². The minimum atomic E-state index is -3.08. The number of rotatable bonds is 3. The van der Waals surface area contributed by atoms with Gasteiger partial charge in [-0.3, -0.25) is 4.79 Å². The van der Waals surface area contributed by atoms with Crippen LogP contribution in [-0.2, 0) is 19.4 Å². The first kappa shape index (κ1) is 19.7.